The van der Waals surface area contributed by atoms with Crippen molar-refractivity contribution in [3.05, 3.63) is 60.6 Å². The largest absolute Gasteiger partial charge is 0.497 e. The Labute approximate surface area is 198 Å². The van der Waals surface area contributed by atoms with E-state index in [-0.39, 0.29) is 12.5 Å². The van der Waals surface area contributed by atoms with Crippen molar-refractivity contribution < 1.29 is 13.9 Å². The highest BCUT2D eigenvalue weighted by molar-refractivity contribution is 5.96. The summed E-state index contributed by atoms with van der Waals surface area (Å²) in [6.07, 6.45) is 4.32. The number of amides is 1. The molecule has 3 heterocycles. The molecule has 1 aliphatic rings. The molecule has 0 bridgehead atoms. The fraction of sp³-hybridized carbons (Fsp3) is 0.346. The molecule has 0 saturated carbocycles. The molecule has 0 spiro atoms. The molecule has 0 aliphatic carbocycles. The number of carbonyl (C=O) groups excluding carboxylic acids is 1. The van der Waals surface area contributed by atoms with Gasteiger partial charge in [-0.1, -0.05) is 25.1 Å². The van der Waals surface area contributed by atoms with Crippen LogP contribution in [0.2, 0.25) is 0 Å². The molecule has 2 aromatic carbocycles. The Morgan fingerprint density at radius 2 is 1.88 bits per heavy atom. The summed E-state index contributed by atoms with van der Waals surface area (Å²) in [6, 6.07) is 15.2. The lowest BCUT2D eigenvalue weighted by molar-refractivity contribution is -0.116. The highest BCUT2D eigenvalue weighted by atomic mass is 16.5. The van der Waals surface area contributed by atoms with Gasteiger partial charge in [0.2, 0.25) is 17.7 Å². The van der Waals surface area contributed by atoms with Gasteiger partial charge in [-0.2, -0.15) is 0 Å². The van der Waals surface area contributed by atoms with Crippen LogP contribution in [-0.4, -0.2) is 45.8 Å². The number of aromatic nitrogens is 3. The zero-order chi connectivity index (χ0) is 23.5. The summed E-state index contributed by atoms with van der Waals surface area (Å²) in [4.78, 5) is 15.1. The lowest BCUT2D eigenvalue weighted by Crippen LogP contribution is -2.32. The molecule has 0 unspecified atom stereocenters. The summed E-state index contributed by atoms with van der Waals surface area (Å²) in [7, 11) is 1.61. The summed E-state index contributed by atoms with van der Waals surface area (Å²) in [5, 5.41) is 12.5. The summed E-state index contributed by atoms with van der Waals surface area (Å²) < 4.78 is 13.1. The monoisotopic (exact) mass is 459 g/mol. The maximum absolute atomic E-state index is 12.8. The van der Waals surface area contributed by atoms with Crippen molar-refractivity contribution in [1.29, 1.82) is 0 Å². The van der Waals surface area contributed by atoms with Crippen LogP contribution < -0.4 is 10.1 Å². The molecule has 0 atom stereocenters. The standard InChI is InChI=1S/C26H29N5O3/c1-18-11-13-30(14-12-18)17-25-28-29-26(34-25)22-15-31(23-6-4-3-5-21(22)23)16-24(32)27-19-7-9-20(33-2)10-8-19/h3-10,15,18H,11-14,16-17H2,1-2H3,(H,27,32). The van der Waals surface area contributed by atoms with Crippen molar-refractivity contribution in [2.24, 2.45) is 5.92 Å². The van der Waals surface area contributed by atoms with Crippen molar-refractivity contribution in [2.45, 2.75) is 32.9 Å². The first-order valence-electron chi connectivity index (χ1n) is 11.7. The molecule has 1 aliphatic heterocycles. The molecule has 2 aromatic heterocycles. The van der Waals surface area contributed by atoms with Gasteiger partial charge in [-0.3, -0.25) is 9.69 Å². The topological polar surface area (TPSA) is 85.4 Å². The van der Waals surface area contributed by atoms with Crippen LogP contribution in [0.4, 0.5) is 5.69 Å². The number of methoxy groups -OCH3 is 1. The molecule has 1 amide bonds. The van der Waals surface area contributed by atoms with E-state index in [4.69, 9.17) is 9.15 Å². The SMILES string of the molecule is COc1ccc(NC(=O)Cn2cc(-c3nnc(CN4CCC(C)CC4)o3)c3ccccc32)cc1. The smallest absolute Gasteiger partial charge is 0.249 e. The number of nitrogens with one attached hydrogen (secondary N) is 1. The zero-order valence-corrected chi connectivity index (χ0v) is 19.5. The molecule has 1 fully saturated rings. The molecule has 4 aromatic rings. The van der Waals surface area contributed by atoms with Crippen LogP contribution in [0.25, 0.3) is 22.4 Å². The highest BCUT2D eigenvalue weighted by Crippen LogP contribution is 2.30. The van der Waals surface area contributed by atoms with Gasteiger partial charge in [-0.05, 0) is 62.2 Å². The van der Waals surface area contributed by atoms with Gasteiger partial charge < -0.3 is 19.0 Å². The molecule has 8 nitrogen and oxygen atoms in total. The minimum atomic E-state index is -0.122. The fourth-order valence-corrected chi connectivity index (χ4v) is 4.42. The van der Waals surface area contributed by atoms with Crippen LogP contribution in [-0.2, 0) is 17.9 Å². The van der Waals surface area contributed by atoms with E-state index in [9.17, 15) is 4.79 Å². The average molecular weight is 460 g/mol. The number of ether oxygens (including phenoxy) is 1. The van der Waals surface area contributed by atoms with Crippen LogP contribution in [0, 0.1) is 5.92 Å². The van der Waals surface area contributed by atoms with Gasteiger partial charge in [-0.25, -0.2) is 0 Å². The van der Waals surface area contributed by atoms with E-state index in [1.807, 2.05) is 59.3 Å². The second-order valence-corrected chi connectivity index (χ2v) is 8.92. The molecule has 1 saturated heterocycles. The third-order valence-electron chi connectivity index (χ3n) is 6.41. The van der Waals surface area contributed by atoms with E-state index in [2.05, 4.69) is 27.3 Å². The average Bonchev–Trinajstić information content (AvgIpc) is 3.46. The van der Waals surface area contributed by atoms with E-state index in [0.717, 1.165) is 46.9 Å². The molecular formula is C26H29N5O3. The van der Waals surface area contributed by atoms with Crippen LogP contribution in [0.1, 0.15) is 25.7 Å². The van der Waals surface area contributed by atoms with Crippen LogP contribution >= 0.6 is 0 Å². The second-order valence-electron chi connectivity index (χ2n) is 8.92. The number of hydrogen-bond acceptors (Lipinski definition) is 6. The van der Waals surface area contributed by atoms with Crippen LogP contribution in [0.3, 0.4) is 0 Å². The van der Waals surface area contributed by atoms with Crippen molar-refractivity contribution in [1.82, 2.24) is 19.7 Å². The summed E-state index contributed by atoms with van der Waals surface area (Å²) in [5.41, 5.74) is 2.49. The number of likely N-dealkylation sites (tertiary alicyclic amines) is 1. The minimum Gasteiger partial charge on any atom is -0.497 e. The number of rotatable bonds is 7. The number of para-hydroxylation sites is 1. The second kappa shape index (κ2) is 9.69. The number of piperidine rings is 1. The summed E-state index contributed by atoms with van der Waals surface area (Å²) in [6.45, 7) is 5.25. The molecule has 5 rings (SSSR count). The fourth-order valence-electron chi connectivity index (χ4n) is 4.42. The Morgan fingerprint density at radius 1 is 1.12 bits per heavy atom. The van der Waals surface area contributed by atoms with E-state index in [0.29, 0.717) is 18.3 Å². The van der Waals surface area contributed by atoms with Gasteiger partial charge in [0.1, 0.15) is 12.3 Å². The van der Waals surface area contributed by atoms with Crippen LogP contribution in [0.5, 0.6) is 5.75 Å². The Morgan fingerprint density at radius 3 is 2.65 bits per heavy atom. The molecule has 176 valence electrons. The molecule has 34 heavy (non-hydrogen) atoms. The number of anilines is 1. The lowest BCUT2D eigenvalue weighted by Gasteiger charge is -2.28. The predicted octanol–water partition coefficient (Wildman–Crippen LogP) is 4.57. The van der Waals surface area contributed by atoms with Crippen molar-refractivity contribution >= 4 is 22.5 Å². The molecule has 8 heteroatoms. The van der Waals surface area contributed by atoms with Gasteiger partial charge in [-0.15, -0.1) is 10.2 Å². The number of nitrogens with zero attached hydrogens (tertiary/aromatic N) is 4. The molecular weight excluding hydrogens is 430 g/mol. The molecule has 0 radical (unpaired) electrons. The van der Waals surface area contributed by atoms with Crippen molar-refractivity contribution in [3.63, 3.8) is 0 Å². The Bertz CT molecular complexity index is 1270. The van der Waals surface area contributed by atoms with E-state index in [1.165, 1.54) is 12.8 Å². The van der Waals surface area contributed by atoms with Gasteiger partial charge in [0.05, 0.1) is 19.2 Å². The van der Waals surface area contributed by atoms with Crippen LogP contribution in [0.15, 0.2) is 59.1 Å². The van der Waals surface area contributed by atoms with Crippen molar-refractivity contribution in [3.8, 4) is 17.2 Å². The normalized spacial score (nSPS) is 15.0. The number of carbonyl (C=O) groups is 1. The molecule has 1 N–H and O–H groups in total. The first-order chi connectivity index (χ1) is 16.6. The summed E-state index contributed by atoms with van der Waals surface area (Å²) in [5.74, 6) is 2.50. The summed E-state index contributed by atoms with van der Waals surface area (Å²) >= 11 is 0. The van der Waals surface area contributed by atoms with Crippen molar-refractivity contribution in [2.75, 3.05) is 25.5 Å². The first kappa shape index (κ1) is 22.2. The maximum Gasteiger partial charge on any atom is 0.249 e. The van der Waals surface area contributed by atoms with E-state index in [1.54, 1.807) is 7.11 Å². The third kappa shape index (κ3) is 4.82. The zero-order valence-electron chi connectivity index (χ0n) is 19.5. The Balaban J connectivity index is 1.33. The lowest BCUT2D eigenvalue weighted by atomic mass is 9.99. The van der Waals surface area contributed by atoms with Gasteiger partial charge >= 0.3 is 0 Å². The quantitative estimate of drug-likeness (QED) is 0.436. The number of hydrogen-bond donors (Lipinski definition) is 1. The van der Waals surface area contributed by atoms with Gasteiger partial charge in [0, 0.05) is 22.8 Å². The highest BCUT2D eigenvalue weighted by Gasteiger charge is 2.20. The predicted molar refractivity (Wildman–Crippen MR) is 131 cm³/mol. The first-order valence-corrected chi connectivity index (χ1v) is 11.7. The Kier molecular flexibility index (Phi) is 6.31. The van der Waals surface area contributed by atoms with Gasteiger partial charge in [0.25, 0.3) is 0 Å². The van der Waals surface area contributed by atoms with E-state index >= 15 is 0 Å². The van der Waals surface area contributed by atoms with E-state index < -0.39 is 0 Å². The van der Waals surface area contributed by atoms with Gasteiger partial charge in [0.15, 0.2) is 0 Å². The maximum atomic E-state index is 12.8. The minimum absolute atomic E-state index is 0.122. The Hall–Kier alpha value is -3.65. The third-order valence-corrected chi connectivity index (χ3v) is 6.41. The number of fused-ring (bicyclic) bond motifs is 1. The number of benzene rings is 2.